The van der Waals surface area contributed by atoms with Gasteiger partial charge >= 0.3 is 6.03 Å². The Hall–Kier alpha value is -2.54. The summed E-state index contributed by atoms with van der Waals surface area (Å²) in [7, 11) is 0. The first-order valence-corrected chi connectivity index (χ1v) is 10.4. The summed E-state index contributed by atoms with van der Waals surface area (Å²) in [4.78, 5) is 27.3. The highest BCUT2D eigenvalue weighted by Gasteiger charge is 2.20. The number of nitrogens with one attached hydrogen (secondary N) is 3. The third kappa shape index (κ3) is 5.04. The summed E-state index contributed by atoms with van der Waals surface area (Å²) in [5.74, 6) is -0.112. The van der Waals surface area contributed by atoms with Crippen LogP contribution in [0.2, 0.25) is 0 Å². The van der Waals surface area contributed by atoms with Gasteiger partial charge in [-0.05, 0) is 65.5 Å². The van der Waals surface area contributed by atoms with E-state index in [9.17, 15) is 9.59 Å². The highest BCUT2D eigenvalue weighted by Crippen LogP contribution is 2.28. The molecule has 3 N–H and O–H groups in total. The van der Waals surface area contributed by atoms with Gasteiger partial charge in [0.25, 0.3) is 5.91 Å². The molecule has 0 atom stereocenters. The van der Waals surface area contributed by atoms with E-state index < -0.39 is 0 Å². The Labute approximate surface area is 173 Å². The van der Waals surface area contributed by atoms with Crippen molar-refractivity contribution in [2.75, 3.05) is 35.2 Å². The first-order valence-electron chi connectivity index (χ1n) is 9.58. The summed E-state index contributed by atoms with van der Waals surface area (Å²) in [6, 6.07) is 12.5. The molecule has 1 fully saturated rings. The third-order valence-corrected chi connectivity index (χ3v) is 5.29. The lowest BCUT2D eigenvalue weighted by atomic mass is 10.1. The number of rotatable bonds is 6. The lowest BCUT2D eigenvalue weighted by Gasteiger charge is -2.22. The Kier molecular flexibility index (Phi) is 6.92. The molecule has 0 saturated carbocycles. The molecule has 6 nitrogen and oxygen atoms in total. The van der Waals surface area contributed by atoms with Crippen molar-refractivity contribution < 1.29 is 9.59 Å². The molecule has 148 valence electrons. The summed E-state index contributed by atoms with van der Waals surface area (Å²) in [6.07, 6.45) is 3.13. The van der Waals surface area contributed by atoms with Gasteiger partial charge in [0.2, 0.25) is 0 Å². The van der Waals surface area contributed by atoms with Gasteiger partial charge in [-0.25, -0.2) is 4.79 Å². The number of carbonyl (C=O) groups is 2. The Morgan fingerprint density at radius 1 is 1.07 bits per heavy atom. The molecule has 2 aromatic rings. The van der Waals surface area contributed by atoms with Crippen molar-refractivity contribution in [1.82, 2.24) is 5.32 Å². The second kappa shape index (κ2) is 9.59. The molecular weight excluding hydrogens is 420 g/mol. The average molecular weight is 445 g/mol. The Bertz CT molecular complexity index is 850. The van der Waals surface area contributed by atoms with E-state index in [4.69, 9.17) is 0 Å². The van der Waals surface area contributed by atoms with Crippen LogP contribution >= 0.6 is 15.9 Å². The van der Waals surface area contributed by atoms with Gasteiger partial charge < -0.3 is 20.9 Å². The number of anilines is 3. The lowest BCUT2D eigenvalue weighted by Crippen LogP contribution is -2.28. The smallest absolute Gasteiger partial charge is 0.323 e. The van der Waals surface area contributed by atoms with Crippen LogP contribution in [-0.2, 0) is 0 Å². The van der Waals surface area contributed by atoms with Crippen LogP contribution in [-0.4, -0.2) is 31.6 Å². The Morgan fingerprint density at radius 3 is 2.54 bits per heavy atom. The van der Waals surface area contributed by atoms with Gasteiger partial charge in [-0.1, -0.05) is 19.1 Å². The van der Waals surface area contributed by atoms with Crippen LogP contribution in [0.5, 0.6) is 0 Å². The molecule has 7 heteroatoms. The molecule has 2 aromatic carbocycles. The minimum Gasteiger partial charge on any atom is -0.371 e. The standard InChI is InChI=1S/C21H25BrN4O2/c1-2-11-23-20(27)16-14-15(9-10-19(16)26-12-5-6-13-26)24-21(28)25-18-8-4-3-7-17(18)22/h3-4,7-10,14H,2,5-6,11-13H2,1H3,(H,23,27)(H2,24,25,28). The number of hydrogen-bond donors (Lipinski definition) is 3. The summed E-state index contributed by atoms with van der Waals surface area (Å²) >= 11 is 3.41. The number of halogens is 1. The van der Waals surface area contributed by atoms with Crippen LogP contribution < -0.4 is 20.9 Å². The van der Waals surface area contributed by atoms with Gasteiger partial charge in [-0.2, -0.15) is 0 Å². The number of carbonyl (C=O) groups excluding carboxylic acids is 2. The molecular formula is C21H25BrN4O2. The van der Waals surface area contributed by atoms with Crippen LogP contribution in [0.25, 0.3) is 0 Å². The van der Waals surface area contributed by atoms with E-state index in [2.05, 4.69) is 36.8 Å². The maximum atomic E-state index is 12.7. The first-order chi connectivity index (χ1) is 13.6. The molecule has 1 saturated heterocycles. The predicted molar refractivity (Wildman–Crippen MR) is 117 cm³/mol. The lowest BCUT2D eigenvalue weighted by molar-refractivity contribution is 0.0954. The molecule has 1 heterocycles. The normalized spacial score (nSPS) is 13.3. The van der Waals surface area contributed by atoms with Gasteiger partial charge in [0.15, 0.2) is 0 Å². The zero-order valence-corrected chi connectivity index (χ0v) is 17.5. The van der Waals surface area contributed by atoms with Crippen LogP contribution in [0, 0.1) is 0 Å². The van der Waals surface area contributed by atoms with E-state index in [0.717, 1.165) is 42.5 Å². The topological polar surface area (TPSA) is 73.5 Å². The predicted octanol–water partition coefficient (Wildman–Crippen LogP) is 4.83. The number of para-hydroxylation sites is 1. The van der Waals surface area contributed by atoms with Crippen LogP contribution in [0.1, 0.15) is 36.5 Å². The minimum absolute atomic E-state index is 0.112. The van der Waals surface area contributed by atoms with Crippen molar-refractivity contribution in [2.24, 2.45) is 0 Å². The molecule has 0 aliphatic carbocycles. The van der Waals surface area contributed by atoms with Gasteiger partial charge in [-0.15, -0.1) is 0 Å². The van der Waals surface area contributed by atoms with Crippen molar-refractivity contribution in [2.45, 2.75) is 26.2 Å². The molecule has 0 unspecified atom stereocenters. The molecule has 3 rings (SSSR count). The molecule has 0 bridgehead atoms. The van der Waals surface area contributed by atoms with E-state index in [1.807, 2.05) is 43.3 Å². The Balaban J connectivity index is 1.78. The van der Waals surface area contributed by atoms with Crippen LogP contribution in [0.4, 0.5) is 21.9 Å². The fourth-order valence-corrected chi connectivity index (χ4v) is 3.59. The van der Waals surface area contributed by atoms with E-state index in [-0.39, 0.29) is 11.9 Å². The second-order valence-corrected chi connectivity index (χ2v) is 7.60. The van der Waals surface area contributed by atoms with Gasteiger partial charge in [0.1, 0.15) is 0 Å². The maximum absolute atomic E-state index is 12.7. The number of benzene rings is 2. The van der Waals surface area contributed by atoms with Crippen molar-refractivity contribution in [1.29, 1.82) is 0 Å². The molecule has 28 heavy (non-hydrogen) atoms. The summed E-state index contributed by atoms with van der Waals surface area (Å²) < 4.78 is 0.800. The molecule has 0 aromatic heterocycles. The van der Waals surface area contributed by atoms with E-state index >= 15 is 0 Å². The quantitative estimate of drug-likeness (QED) is 0.596. The van der Waals surface area contributed by atoms with Gasteiger partial charge in [-0.3, -0.25) is 4.79 Å². The van der Waals surface area contributed by atoms with E-state index in [1.165, 1.54) is 0 Å². The highest BCUT2D eigenvalue weighted by atomic mass is 79.9. The minimum atomic E-state index is -0.360. The van der Waals surface area contributed by atoms with Crippen LogP contribution in [0.15, 0.2) is 46.9 Å². The Morgan fingerprint density at radius 2 is 1.82 bits per heavy atom. The van der Waals surface area contributed by atoms with Crippen molar-refractivity contribution in [3.05, 3.63) is 52.5 Å². The van der Waals surface area contributed by atoms with Crippen LogP contribution in [0.3, 0.4) is 0 Å². The molecule has 0 radical (unpaired) electrons. The van der Waals surface area contributed by atoms with Gasteiger partial charge in [0, 0.05) is 35.5 Å². The number of hydrogen-bond acceptors (Lipinski definition) is 3. The SMILES string of the molecule is CCCNC(=O)c1cc(NC(=O)Nc2ccccc2Br)ccc1N1CCCC1. The number of nitrogens with zero attached hydrogens (tertiary/aromatic N) is 1. The fourth-order valence-electron chi connectivity index (χ4n) is 3.21. The molecule has 1 aliphatic heterocycles. The van der Waals surface area contributed by atoms with Crippen molar-refractivity contribution in [3.8, 4) is 0 Å². The van der Waals surface area contributed by atoms with E-state index in [0.29, 0.717) is 23.5 Å². The maximum Gasteiger partial charge on any atom is 0.323 e. The van der Waals surface area contributed by atoms with E-state index in [1.54, 1.807) is 6.07 Å². The molecule has 3 amide bonds. The highest BCUT2D eigenvalue weighted by molar-refractivity contribution is 9.10. The monoisotopic (exact) mass is 444 g/mol. The molecule has 1 aliphatic rings. The summed E-state index contributed by atoms with van der Waals surface area (Å²) in [5, 5.41) is 8.56. The number of urea groups is 1. The zero-order chi connectivity index (χ0) is 19.9. The average Bonchev–Trinajstić information content (AvgIpc) is 3.22. The fraction of sp³-hybridized carbons (Fsp3) is 0.333. The summed E-state index contributed by atoms with van der Waals surface area (Å²) in [5.41, 5.74) is 2.76. The summed E-state index contributed by atoms with van der Waals surface area (Å²) in [6.45, 7) is 4.54. The molecule has 0 spiro atoms. The van der Waals surface area contributed by atoms with Crippen molar-refractivity contribution >= 4 is 44.9 Å². The van der Waals surface area contributed by atoms with Gasteiger partial charge in [0.05, 0.1) is 11.3 Å². The largest absolute Gasteiger partial charge is 0.371 e. The first kappa shape index (κ1) is 20.2. The second-order valence-electron chi connectivity index (χ2n) is 6.74. The zero-order valence-electron chi connectivity index (χ0n) is 15.9. The third-order valence-electron chi connectivity index (χ3n) is 4.60. The van der Waals surface area contributed by atoms with Crippen molar-refractivity contribution in [3.63, 3.8) is 0 Å². The number of amides is 3.